The average Bonchev–Trinajstić information content (AvgIpc) is 2.67. The van der Waals surface area contributed by atoms with Gasteiger partial charge in [0, 0.05) is 12.7 Å². The molecule has 114 valence electrons. The van der Waals surface area contributed by atoms with Crippen LogP contribution in [0.4, 0.5) is 10.5 Å². The third-order valence-corrected chi connectivity index (χ3v) is 3.14. The number of rotatable bonds is 4. The summed E-state index contributed by atoms with van der Waals surface area (Å²) in [6.45, 7) is 2.96. The summed E-state index contributed by atoms with van der Waals surface area (Å²) in [4.78, 5) is 27.8. The van der Waals surface area contributed by atoms with E-state index in [0.717, 1.165) is 12.8 Å². The summed E-state index contributed by atoms with van der Waals surface area (Å²) in [6, 6.07) is 2.46. The van der Waals surface area contributed by atoms with Crippen molar-refractivity contribution in [2.75, 3.05) is 18.5 Å². The molecule has 0 saturated carbocycles. The molecule has 1 aromatic heterocycles. The van der Waals surface area contributed by atoms with Gasteiger partial charge in [-0.1, -0.05) is 0 Å². The number of carbonyl (C=O) groups excluding carboxylic acids is 2. The van der Waals surface area contributed by atoms with Gasteiger partial charge in [0.15, 0.2) is 0 Å². The van der Waals surface area contributed by atoms with Crippen LogP contribution in [0.2, 0.25) is 0 Å². The molecule has 7 heteroatoms. The fourth-order valence-electron chi connectivity index (χ4n) is 2.13. The van der Waals surface area contributed by atoms with Crippen LogP contribution in [-0.2, 0) is 4.79 Å². The van der Waals surface area contributed by atoms with Crippen molar-refractivity contribution in [3.8, 4) is 5.88 Å². The Hall–Kier alpha value is -2.31. The highest BCUT2D eigenvalue weighted by atomic mass is 16.5. The highest BCUT2D eigenvalue weighted by Gasteiger charge is 2.22. The maximum absolute atomic E-state index is 12.0. The molecule has 0 unspecified atom stereocenters. The number of amides is 3. The monoisotopic (exact) mass is 292 g/mol. The molecule has 1 atom stereocenters. The van der Waals surface area contributed by atoms with E-state index in [9.17, 15) is 9.59 Å². The topological polar surface area (TPSA) is 92.3 Å². The summed E-state index contributed by atoms with van der Waals surface area (Å²) in [6.07, 6.45) is 4.07. The van der Waals surface area contributed by atoms with E-state index < -0.39 is 12.1 Å². The number of ether oxygens (including phenoxy) is 1. The molecular weight excluding hydrogens is 272 g/mol. The molecule has 7 nitrogen and oxygen atoms in total. The van der Waals surface area contributed by atoms with Gasteiger partial charge in [-0.05, 0) is 38.3 Å². The van der Waals surface area contributed by atoms with Gasteiger partial charge in [0.25, 0.3) is 0 Å². The zero-order valence-corrected chi connectivity index (χ0v) is 12.0. The summed E-state index contributed by atoms with van der Waals surface area (Å²) in [5.74, 6) is 0.222. The Morgan fingerprint density at radius 2 is 2.38 bits per heavy atom. The van der Waals surface area contributed by atoms with Gasteiger partial charge in [-0.15, -0.1) is 0 Å². The van der Waals surface area contributed by atoms with E-state index in [-0.39, 0.29) is 5.91 Å². The van der Waals surface area contributed by atoms with Gasteiger partial charge in [0.2, 0.25) is 11.8 Å². The molecule has 21 heavy (non-hydrogen) atoms. The Kier molecular flexibility index (Phi) is 5.36. The Balaban J connectivity index is 1.96. The van der Waals surface area contributed by atoms with E-state index in [1.54, 1.807) is 18.3 Å². The fraction of sp³-hybridized carbons (Fsp3) is 0.500. The fourth-order valence-corrected chi connectivity index (χ4v) is 2.13. The first-order valence-corrected chi connectivity index (χ1v) is 7.13. The first kappa shape index (κ1) is 15.1. The second-order valence-corrected chi connectivity index (χ2v) is 4.73. The van der Waals surface area contributed by atoms with Crippen LogP contribution < -0.4 is 20.7 Å². The quantitative estimate of drug-likeness (QED) is 0.779. The summed E-state index contributed by atoms with van der Waals surface area (Å²) < 4.78 is 5.34. The van der Waals surface area contributed by atoms with Crippen LogP contribution >= 0.6 is 0 Å². The maximum atomic E-state index is 12.0. The minimum absolute atomic E-state index is 0.140. The number of urea groups is 1. The molecule has 3 amide bonds. The Bertz CT molecular complexity index is 507. The van der Waals surface area contributed by atoms with Crippen molar-refractivity contribution in [1.29, 1.82) is 0 Å². The van der Waals surface area contributed by atoms with Crippen molar-refractivity contribution in [2.45, 2.75) is 32.2 Å². The lowest BCUT2D eigenvalue weighted by Crippen LogP contribution is -2.47. The molecule has 1 aliphatic rings. The minimum atomic E-state index is -0.500. The molecule has 3 N–H and O–H groups in total. The predicted molar refractivity (Wildman–Crippen MR) is 78.2 cm³/mol. The molecule has 2 heterocycles. The number of hydrogen-bond donors (Lipinski definition) is 3. The summed E-state index contributed by atoms with van der Waals surface area (Å²) in [5.41, 5.74) is 0.478. The van der Waals surface area contributed by atoms with E-state index in [0.29, 0.717) is 31.1 Å². The van der Waals surface area contributed by atoms with Crippen LogP contribution in [0.1, 0.15) is 26.2 Å². The highest BCUT2D eigenvalue weighted by molar-refractivity contribution is 5.94. The smallest absolute Gasteiger partial charge is 0.320 e. The molecule has 1 aromatic rings. The van der Waals surface area contributed by atoms with E-state index >= 15 is 0 Å². The van der Waals surface area contributed by atoms with E-state index in [4.69, 9.17) is 4.74 Å². The van der Waals surface area contributed by atoms with Crippen LogP contribution in [0.15, 0.2) is 18.3 Å². The molecule has 0 aliphatic carbocycles. The minimum Gasteiger partial charge on any atom is -0.476 e. The molecule has 1 fully saturated rings. The zero-order valence-electron chi connectivity index (χ0n) is 12.0. The number of anilines is 1. The van der Waals surface area contributed by atoms with Gasteiger partial charge >= 0.3 is 6.03 Å². The SMILES string of the molecule is CCOc1ncccc1NC(=O)N[C@@H]1CCCCNC1=O. The summed E-state index contributed by atoms with van der Waals surface area (Å²) in [5, 5.41) is 8.12. The molecule has 0 aromatic carbocycles. The number of nitrogens with one attached hydrogen (secondary N) is 3. The molecule has 0 spiro atoms. The van der Waals surface area contributed by atoms with Crippen molar-refractivity contribution >= 4 is 17.6 Å². The zero-order chi connectivity index (χ0) is 15.1. The largest absolute Gasteiger partial charge is 0.476 e. The lowest BCUT2D eigenvalue weighted by Gasteiger charge is -2.16. The number of hydrogen-bond acceptors (Lipinski definition) is 4. The second kappa shape index (κ2) is 7.47. The summed E-state index contributed by atoms with van der Waals surface area (Å²) >= 11 is 0. The molecule has 0 bridgehead atoms. The second-order valence-electron chi connectivity index (χ2n) is 4.73. The first-order valence-electron chi connectivity index (χ1n) is 7.13. The number of pyridine rings is 1. The van der Waals surface area contributed by atoms with Crippen LogP contribution in [-0.4, -0.2) is 36.1 Å². The normalized spacial score (nSPS) is 18.3. The average molecular weight is 292 g/mol. The van der Waals surface area contributed by atoms with Crippen molar-refractivity contribution in [1.82, 2.24) is 15.6 Å². The van der Waals surface area contributed by atoms with E-state index in [1.807, 2.05) is 6.92 Å². The maximum Gasteiger partial charge on any atom is 0.320 e. The van der Waals surface area contributed by atoms with Gasteiger partial charge in [0.1, 0.15) is 11.7 Å². The standard InChI is InChI=1S/C14H20N4O3/c1-2-21-13-11(7-5-9-16-13)18-14(20)17-10-6-3-4-8-15-12(10)19/h5,7,9-10H,2-4,6,8H2,1H3,(H,15,19)(H2,17,18,20)/t10-/m1/s1. The van der Waals surface area contributed by atoms with Gasteiger partial charge in [0.05, 0.1) is 6.61 Å². The number of carbonyl (C=O) groups is 2. The Morgan fingerprint density at radius 3 is 3.19 bits per heavy atom. The number of aromatic nitrogens is 1. The van der Waals surface area contributed by atoms with Crippen LogP contribution in [0, 0.1) is 0 Å². The van der Waals surface area contributed by atoms with Gasteiger partial charge in [-0.2, -0.15) is 0 Å². The third kappa shape index (κ3) is 4.34. The molecule has 1 aliphatic heterocycles. The third-order valence-electron chi connectivity index (χ3n) is 3.14. The molecule has 2 rings (SSSR count). The first-order chi connectivity index (χ1) is 10.2. The lowest BCUT2D eigenvalue weighted by molar-refractivity contribution is -0.122. The molecule has 1 saturated heterocycles. The highest BCUT2D eigenvalue weighted by Crippen LogP contribution is 2.20. The van der Waals surface area contributed by atoms with E-state index in [1.165, 1.54) is 0 Å². The van der Waals surface area contributed by atoms with Crippen molar-refractivity contribution in [3.05, 3.63) is 18.3 Å². The van der Waals surface area contributed by atoms with Gasteiger partial charge in [-0.25, -0.2) is 9.78 Å². The number of nitrogens with zero attached hydrogens (tertiary/aromatic N) is 1. The van der Waals surface area contributed by atoms with Crippen molar-refractivity contribution < 1.29 is 14.3 Å². The lowest BCUT2D eigenvalue weighted by atomic mass is 10.1. The molecular formula is C14H20N4O3. The van der Waals surface area contributed by atoms with Crippen molar-refractivity contribution in [2.24, 2.45) is 0 Å². The predicted octanol–water partition coefficient (Wildman–Crippen LogP) is 1.27. The van der Waals surface area contributed by atoms with Crippen LogP contribution in [0.25, 0.3) is 0 Å². The Morgan fingerprint density at radius 1 is 1.52 bits per heavy atom. The Labute approximate surface area is 123 Å². The van der Waals surface area contributed by atoms with Crippen LogP contribution in [0.3, 0.4) is 0 Å². The van der Waals surface area contributed by atoms with Gasteiger partial charge in [-0.3, -0.25) is 4.79 Å². The van der Waals surface area contributed by atoms with Gasteiger partial charge < -0.3 is 20.7 Å². The summed E-state index contributed by atoms with van der Waals surface area (Å²) in [7, 11) is 0. The van der Waals surface area contributed by atoms with Crippen molar-refractivity contribution in [3.63, 3.8) is 0 Å². The van der Waals surface area contributed by atoms with E-state index in [2.05, 4.69) is 20.9 Å². The molecule has 0 radical (unpaired) electrons. The van der Waals surface area contributed by atoms with Crippen LogP contribution in [0.5, 0.6) is 5.88 Å².